The average Bonchev–Trinajstić information content (AvgIpc) is 3.33. The Hall–Kier alpha value is -1.93. The summed E-state index contributed by atoms with van der Waals surface area (Å²) in [5.41, 5.74) is -0.288. The maximum absolute atomic E-state index is 13.8. The van der Waals surface area contributed by atoms with E-state index >= 15 is 0 Å². The number of hydrogen-bond acceptors (Lipinski definition) is 3. The lowest BCUT2D eigenvalue weighted by Crippen LogP contribution is -2.52. The van der Waals surface area contributed by atoms with E-state index in [-0.39, 0.29) is 24.2 Å². The van der Waals surface area contributed by atoms with Crippen LogP contribution < -0.4 is 5.32 Å². The van der Waals surface area contributed by atoms with Crippen LogP contribution in [0.2, 0.25) is 0 Å². The Balaban J connectivity index is 2.02. The second kappa shape index (κ2) is 7.10. The smallest absolute Gasteiger partial charge is 0.235 e. The molecule has 0 aromatic heterocycles. The largest absolute Gasteiger partial charge is 0.337 e. The molecular weight excluding hydrogens is 293 g/mol. The Morgan fingerprint density at radius 2 is 2.13 bits per heavy atom. The van der Waals surface area contributed by atoms with Gasteiger partial charge in [0.15, 0.2) is 0 Å². The monoisotopic (exact) mass is 317 g/mol. The average molecular weight is 317 g/mol. The van der Waals surface area contributed by atoms with E-state index in [0.29, 0.717) is 18.2 Å². The summed E-state index contributed by atoms with van der Waals surface area (Å²) >= 11 is 0. The molecule has 1 aliphatic rings. The first-order chi connectivity index (χ1) is 10.9. The van der Waals surface area contributed by atoms with Gasteiger partial charge in [-0.05, 0) is 31.7 Å². The summed E-state index contributed by atoms with van der Waals surface area (Å²) in [6.45, 7) is 6.13. The third kappa shape index (κ3) is 4.52. The molecule has 23 heavy (non-hydrogen) atoms. The number of nitriles is 1. The zero-order valence-electron chi connectivity index (χ0n) is 14.0. The Bertz CT molecular complexity index is 607. The predicted molar refractivity (Wildman–Crippen MR) is 86.8 cm³/mol. The summed E-state index contributed by atoms with van der Waals surface area (Å²) in [5, 5.41) is 12.1. The molecule has 0 saturated heterocycles. The van der Waals surface area contributed by atoms with Crippen LogP contribution in [0.1, 0.15) is 39.2 Å². The fraction of sp³-hybridized carbons (Fsp3) is 0.556. The van der Waals surface area contributed by atoms with Gasteiger partial charge in [0.2, 0.25) is 5.91 Å². The highest BCUT2D eigenvalue weighted by atomic mass is 19.1. The van der Waals surface area contributed by atoms with E-state index in [4.69, 9.17) is 0 Å². The normalized spacial score (nSPS) is 16.9. The van der Waals surface area contributed by atoms with Crippen LogP contribution in [0.3, 0.4) is 0 Å². The number of amides is 1. The summed E-state index contributed by atoms with van der Waals surface area (Å²) in [7, 11) is 0. The molecule has 1 amide bonds. The van der Waals surface area contributed by atoms with Gasteiger partial charge in [-0.2, -0.15) is 5.26 Å². The van der Waals surface area contributed by atoms with Gasteiger partial charge >= 0.3 is 0 Å². The third-order valence-electron chi connectivity index (χ3n) is 4.53. The van der Waals surface area contributed by atoms with Crippen molar-refractivity contribution >= 4 is 5.91 Å². The lowest BCUT2D eigenvalue weighted by Gasteiger charge is -2.29. The van der Waals surface area contributed by atoms with Gasteiger partial charge in [-0.25, -0.2) is 4.39 Å². The fourth-order valence-corrected chi connectivity index (χ4v) is 2.41. The standard InChI is InChI=1S/C18H24FN3O/c1-13(2)18(3,12-20)21-17(23)11-22(15-8-9-15)10-14-6-4-5-7-16(14)19/h4-7,13,15H,8-11H2,1-3H3,(H,21,23). The Kier molecular flexibility index (Phi) is 5.38. The number of rotatable bonds is 7. The Morgan fingerprint density at radius 3 is 2.65 bits per heavy atom. The van der Waals surface area contributed by atoms with Crippen LogP contribution >= 0.6 is 0 Å². The minimum Gasteiger partial charge on any atom is -0.337 e. The van der Waals surface area contributed by atoms with Crippen LogP contribution in [0.5, 0.6) is 0 Å². The quantitative estimate of drug-likeness (QED) is 0.841. The topological polar surface area (TPSA) is 56.1 Å². The molecule has 5 heteroatoms. The van der Waals surface area contributed by atoms with Crippen LogP contribution in [-0.4, -0.2) is 28.9 Å². The fourth-order valence-electron chi connectivity index (χ4n) is 2.41. The molecule has 0 heterocycles. The summed E-state index contributed by atoms with van der Waals surface area (Å²) in [5.74, 6) is -0.425. The minimum absolute atomic E-state index is 0.0115. The van der Waals surface area contributed by atoms with Gasteiger partial charge in [0.05, 0.1) is 12.6 Å². The highest BCUT2D eigenvalue weighted by molar-refractivity contribution is 5.79. The van der Waals surface area contributed by atoms with E-state index < -0.39 is 5.54 Å². The molecule has 1 N–H and O–H groups in total. The van der Waals surface area contributed by atoms with Gasteiger partial charge in [0.1, 0.15) is 11.4 Å². The second-order valence-corrected chi connectivity index (χ2v) is 6.74. The number of carbonyl (C=O) groups is 1. The Morgan fingerprint density at radius 1 is 1.48 bits per heavy atom. The van der Waals surface area contributed by atoms with Crippen LogP contribution in [0.4, 0.5) is 4.39 Å². The van der Waals surface area contributed by atoms with Crippen molar-refractivity contribution in [3.8, 4) is 6.07 Å². The van der Waals surface area contributed by atoms with Gasteiger partial charge in [0, 0.05) is 18.2 Å². The number of nitrogens with one attached hydrogen (secondary N) is 1. The van der Waals surface area contributed by atoms with Gasteiger partial charge in [-0.15, -0.1) is 0 Å². The van der Waals surface area contributed by atoms with Crippen LogP contribution in [0.25, 0.3) is 0 Å². The van der Waals surface area contributed by atoms with Gasteiger partial charge in [-0.1, -0.05) is 32.0 Å². The number of benzene rings is 1. The third-order valence-corrected chi connectivity index (χ3v) is 4.53. The molecule has 4 nitrogen and oxygen atoms in total. The molecule has 1 fully saturated rings. The SMILES string of the molecule is CC(C)C(C)(C#N)NC(=O)CN(Cc1ccccc1F)C1CC1. The van der Waals surface area contributed by atoms with Crippen LogP contribution in [-0.2, 0) is 11.3 Å². The molecule has 1 atom stereocenters. The van der Waals surface area contributed by atoms with E-state index in [0.717, 1.165) is 12.8 Å². The molecule has 0 radical (unpaired) electrons. The highest BCUT2D eigenvalue weighted by Gasteiger charge is 2.34. The van der Waals surface area contributed by atoms with Crippen molar-refractivity contribution in [1.29, 1.82) is 5.26 Å². The molecule has 1 aliphatic carbocycles. The van der Waals surface area contributed by atoms with Crippen molar-refractivity contribution < 1.29 is 9.18 Å². The first-order valence-corrected chi connectivity index (χ1v) is 8.05. The van der Waals surface area contributed by atoms with E-state index in [2.05, 4.69) is 11.4 Å². The summed E-state index contributed by atoms with van der Waals surface area (Å²) in [4.78, 5) is 14.3. The summed E-state index contributed by atoms with van der Waals surface area (Å²) in [6.07, 6.45) is 2.06. The van der Waals surface area contributed by atoms with Gasteiger partial charge in [-0.3, -0.25) is 9.69 Å². The first kappa shape index (κ1) is 17.4. The lowest BCUT2D eigenvalue weighted by atomic mass is 9.90. The molecule has 1 saturated carbocycles. The zero-order chi connectivity index (χ0) is 17.0. The second-order valence-electron chi connectivity index (χ2n) is 6.74. The van der Waals surface area contributed by atoms with Crippen molar-refractivity contribution in [2.75, 3.05) is 6.54 Å². The number of carbonyl (C=O) groups excluding carboxylic acids is 1. The van der Waals surface area contributed by atoms with E-state index in [9.17, 15) is 14.4 Å². The predicted octanol–water partition coefficient (Wildman–Crippen LogP) is 2.84. The lowest BCUT2D eigenvalue weighted by molar-refractivity contribution is -0.124. The van der Waals surface area contributed by atoms with E-state index in [1.165, 1.54) is 6.07 Å². The van der Waals surface area contributed by atoms with E-state index in [1.807, 2.05) is 18.7 Å². The molecule has 0 aliphatic heterocycles. The van der Waals surface area contributed by atoms with Crippen LogP contribution in [0.15, 0.2) is 24.3 Å². The number of hydrogen-bond donors (Lipinski definition) is 1. The molecule has 0 bridgehead atoms. The highest BCUT2D eigenvalue weighted by Crippen LogP contribution is 2.28. The Labute approximate surface area is 137 Å². The summed E-state index contributed by atoms with van der Waals surface area (Å²) < 4.78 is 13.8. The zero-order valence-corrected chi connectivity index (χ0v) is 14.0. The van der Waals surface area contributed by atoms with Crippen molar-refractivity contribution in [2.24, 2.45) is 5.92 Å². The molecule has 1 unspecified atom stereocenters. The molecule has 124 valence electrons. The molecular formula is C18H24FN3O. The molecule has 1 aromatic rings. The van der Waals surface area contributed by atoms with Crippen molar-refractivity contribution in [2.45, 2.75) is 51.7 Å². The molecule has 1 aromatic carbocycles. The van der Waals surface area contributed by atoms with Gasteiger partial charge < -0.3 is 5.32 Å². The van der Waals surface area contributed by atoms with Crippen LogP contribution in [0, 0.1) is 23.1 Å². The van der Waals surface area contributed by atoms with Gasteiger partial charge in [0.25, 0.3) is 0 Å². The molecule has 2 rings (SSSR count). The van der Waals surface area contributed by atoms with Crippen molar-refractivity contribution in [3.63, 3.8) is 0 Å². The summed E-state index contributed by atoms with van der Waals surface area (Å²) in [6, 6.07) is 9.15. The first-order valence-electron chi connectivity index (χ1n) is 8.05. The number of halogens is 1. The number of nitrogens with zero attached hydrogens (tertiary/aromatic N) is 2. The maximum atomic E-state index is 13.8. The minimum atomic E-state index is -0.885. The molecule has 0 spiro atoms. The van der Waals surface area contributed by atoms with Crippen molar-refractivity contribution in [3.05, 3.63) is 35.6 Å². The van der Waals surface area contributed by atoms with Crippen molar-refractivity contribution in [1.82, 2.24) is 10.2 Å². The van der Waals surface area contributed by atoms with E-state index in [1.54, 1.807) is 25.1 Å². The maximum Gasteiger partial charge on any atom is 0.235 e.